The zero-order chi connectivity index (χ0) is 14.9. The Labute approximate surface area is 114 Å². The fourth-order valence-electron chi connectivity index (χ4n) is 2.47. The summed E-state index contributed by atoms with van der Waals surface area (Å²) in [6, 6.07) is 5.00. The molecule has 4 nitrogen and oxygen atoms in total. The van der Waals surface area contributed by atoms with Gasteiger partial charge in [0.25, 0.3) is 0 Å². The summed E-state index contributed by atoms with van der Waals surface area (Å²) in [6.07, 6.45) is -3.67. The Morgan fingerprint density at radius 1 is 1.30 bits per heavy atom. The second-order valence-electron chi connectivity index (χ2n) is 4.90. The lowest BCUT2D eigenvalue weighted by Gasteiger charge is -2.35. The summed E-state index contributed by atoms with van der Waals surface area (Å²) in [5.74, 6) is -1.37. The topological polar surface area (TPSA) is 79.1 Å². The highest BCUT2D eigenvalue weighted by Crippen LogP contribution is 2.37. The largest absolute Gasteiger partial charge is 0.397 e. The van der Waals surface area contributed by atoms with Crippen LogP contribution < -0.4 is 16.4 Å². The molecule has 4 N–H and O–H groups in total. The van der Waals surface area contributed by atoms with Crippen molar-refractivity contribution < 1.29 is 13.2 Å². The highest BCUT2D eigenvalue weighted by atomic mass is 19.4. The highest BCUT2D eigenvalue weighted by Gasteiger charge is 2.42. The van der Waals surface area contributed by atoms with E-state index >= 15 is 0 Å². The summed E-state index contributed by atoms with van der Waals surface area (Å²) in [5.41, 5.74) is 12.3. The molecule has 1 aromatic carbocycles. The first-order valence-corrected chi connectivity index (χ1v) is 6.24. The maximum atomic E-state index is 12.8. The van der Waals surface area contributed by atoms with E-state index in [1.807, 2.05) is 6.07 Å². The van der Waals surface area contributed by atoms with Crippen LogP contribution in [0.5, 0.6) is 0 Å². The first kappa shape index (κ1) is 14.3. The van der Waals surface area contributed by atoms with E-state index in [-0.39, 0.29) is 29.9 Å². The molecule has 1 fully saturated rings. The molecule has 108 valence electrons. The number of anilines is 3. The maximum absolute atomic E-state index is 12.8. The van der Waals surface area contributed by atoms with Crippen LogP contribution in [-0.4, -0.2) is 19.3 Å². The normalized spacial score (nSPS) is 19.7. The van der Waals surface area contributed by atoms with Gasteiger partial charge in [0.1, 0.15) is 11.6 Å². The number of nitrogens with two attached hydrogens (primary N) is 2. The molecule has 0 bridgehead atoms. The molecule has 7 heteroatoms. The summed E-state index contributed by atoms with van der Waals surface area (Å²) in [4.78, 5) is 1.57. The van der Waals surface area contributed by atoms with Crippen molar-refractivity contribution in [3.63, 3.8) is 0 Å². The third-order valence-electron chi connectivity index (χ3n) is 3.59. The molecule has 0 saturated carbocycles. The van der Waals surface area contributed by atoms with Crippen LogP contribution in [-0.2, 0) is 0 Å². The van der Waals surface area contributed by atoms with Gasteiger partial charge in [-0.3, -0.25) is 0 Å². The van der Waals surface area contributed by atoms with Crippen LogP contribution in [0.25, 0.3) is 0 Å². The van der Waals surface area contributed by atoms with Gasteiger partial charge < -0.3 is 16.4 Å². The lowest BCUT2D eigenvalue weighted by Crippen LogP contribution is -2.42. The molecule has 1 heterocycles. The van der Waals surface area contributed by atoms with Crippen LogP contribution in [0.1, 0.15) is 18.4 Å². The van der Waals surface area contributed by atoms with E-state index in [4.69, 9.17) is 16.7 Å². The molecule has 0 radical (unpaired) electrons. The number of rotatable bonds is 1. The minimum atomic E-state index is -4.22. The molecular weight excluding hydrogens is 269 g/mol. The van der Waals surface area contributed by atoms with Gasteiger partial charge in [0.05, 0.1) is 23.0 Å². The van der Waals surface area contributed by atoms with Crippen LogP contribution in [0.2, 0.25) is 0 Å². The zero-order valence-corrected chi connectivity index (χ0v) is 10.7. The van der Waals surface area contributed by atoms with Crippen LogP contribution in [0.3, 0.4) is 0 Å². The maximum Gasteiger partial charge on any atom is 0.393 e. The van der Waals surface area contributed by atoms with Crippen molar-refractivity contribution in [2.24, 2.45) is 5.92 Å². The third-order valence-corrected chi connectivity index (χ3v) is 3.59. The lowest BCUT2D eigenvalue weighted by atomic mass is 9.96. The standard InChI is InChI=1S/C13H15F3N4/c14-13(15,16)8-2-1-5-20(7-8)11-4-3-10(18)12(19)9(11)6-17/h3-4,8H,1-2,5,7,18-19H2/t8-/m1/s1. The van der Waals surface area contributed by atoms with Crippen LogP contribution in [0, 0.1) is 17.2 Å². The Hall–Kier alpha value is -2.10. The fourth-order valence-corrected chi connectivity index (χ4v) is 2.47. The third kappa shape index (κ3) is 2.59. The van der Waals surface area contributed by atoms with Gasteiger partial charge in [-0.1, -0.05) is 0 Å². The van der Waals surface area contributed by atoms with Gasteiger partial charge in [-0.15, -0.1) is 0 Å². The Kier molecular flexibility index (Phi) is 3.66. The molecule has 1 aromatic rings. The predicted molar refractivity (Wildman–Crippen MR) is 71.0 cm³/mol. The van der Waals surface area contributed by atoms with Gasteiger partial charge in [-0.2, -0.15) is 18.4 Å². The fraction of sp³-hybridized carbons (Fsp3) is 0.462. The van der Waals surface area contributed by atoms with E-state index in [0.29, 0.717) is 18.7 Å². The van der Waals surface area contributed by atoms with E-state index in [2.05, 4.69) is 0 Å². The molecule has 0 spiro atoms. The van der Waals surface area contributed by atoms with Crippen molar-refractivity contribution >= 4 is 17.1 Å². The molecule has 0 amide bonds. The van der Waals surface area contributed by atoms with Gasteiger partial charge in [0, 0.05) is 13.1 Å². The molecule has 1 atom stereocenters. The molecule has 0 unspecified atom stereocenters. The van der Waals surface area contributed by atoms with Gasteiger partial charge in [-0.25, -0.2) is 0 Å². The average Bonchev–Trinajstić information content (AvgIpc) is 2.41. The molecule has 2 rings (SSSR count). The van der Waals surface area contributed by atoms with Gasteiger partial charge in [0.15, 0.2) is 0 Å². The minimum Gasteiger partial charge on any atom is -0.397 e. The number of piperidine rings is 1. The minimum absolute atomic E-state index is 0.117. The molecule has 1 aliphatic heterocycles. The number of hydrogen-bond donors (Lipinski definition) is 2. The highest BCUT2D eigenvalue weighted by molar-refractivity contribution is 5.80. The quantitative estimate of drug-likeness (QED) is 0.777. The van der Waals surface area contributed by atoms with E-state index in [9.17, 15) is 13.2 Å². The van der Waals surface area contributed by atoms with Gasteiger partial charge in [-0.05, 0) is 25.0 Å². The predicted octanol–water partition coefficient (Wildman–Crippen LogP) is 2.50. The van der Waals surface area contributed by atoms with Crippen LogP contribution in [0.4, 0.5) is 30.2 Å². The first-order chi connectivity index (χ1) is 9.34. The summed E-state index contributed by atoms with van der Waals surface area (Å²) >= 11 is 0. The van der Waals surface area contributed by atoms with Crippen molar-refractivity contribution in [1.29, 1.82) is 5.26 Å². The Bertz CT molecular complexity index is 548. The average molecular weight is 284 g/mol. The molecular formula is C13H15F3N4. The summed E-state index contributed by atoms with van der Waals surface area (Å²) in [6.45, 7) is 0.326. The number of benzene rings is 1. The van der Waals surface area contributed by atoms with Crippen molar-refractivity contribution in [1.82, 2.24) is 0 Å². The molecule has 1 saturated heterocycles. The summed E-state index contributed by atoms with van der Waals surface area (Å²) in [5, 5.41) is 9.15. The molecule has 0 aromatic heterocycles. The van der Waals surface area contributed by atoms with Gasteiger partial charge >= 0.3 is 6.18 Å². The second kappa shape index (κ2) is 5.12. The van der Waals surface area contributed by atoms with Gasteiger partial charge in [0.2, 0.25) is 0 Å². The van der Waals surface area contributed by atoms with Crippen molar-refractivity contribution in [2.45, 2.75) is 19.0 Å². The Balaban J connectivity index is 2.33. The van der Waals surface area contributed by atoms with Crippen LogP contribution in [0.15, 0.2) is 12.1 Å². The number of nitriles is 1. The summed E-state index contributed by atoms with van der Waals surface area (Å²) in [7, 11) is 0. The van der Waals surface area contributed by atoms with Crippen LogP contribution >= 0.6 is 0 Å². The lowest BCUT2D eigenvalue weighted by molar-refractivity contribution is -0.175. The number of alkyl halides is 3. The van der Waals surface area contributed by atoms with E-state index < -0.39 is 12.1 Å². The van der Waals surface area contributed by atoms with E-state index in [1.54, 1.807) is 11.0 Å². The molecule has 0 aliphatic carbocycles. The van der Waals surface area contributed by atoms with Crippen molar-refractivity contribution in [2.75, 3.05) is 29.5 Å². The monoisotopic (exact) mass is 284 g/mol. The Morgan fingerprint density at radius 2 is 2.00 bits per heavy atom. The number of nitrogens with zero attached hydrogens (tertiary/aromatic N) is 2. The first-order valence-electron chi connectivity index (χ1n) is 6.24. The van der Waals surface area contributed by atoms with Crippen molar-refractivity contribution in [3.8, 4) is 6.07 Å². The smallest absolute Gasteiger partial charge is 0.393 e. The summed E-state index contributed by atoms with van der Waals surface area (Å²) < 4.78 is 38.5. The Morgan fingerprint density at radius 3 is 2.60 bits per heavy atom. The number of halogens is 3. The molecule has 20 heavy (non-hydrogen) atoms. The van der Waals surface area contributed by atoms with Crippen molar-refractivity contribution in [3.05, 3.63) is 17.7 Å². The second-order valence-corrected chi connectivity index (χ2v) is 4.90. The van der Waals surface area contributed by atoms with E-state index in [1.165, 1.54) is 6.07 Å². The SMILES string of the molecule is N#Cc1c(N2CCC[C@@H](C(F)(F)F)C2)ccc(N)c1N. The van der Waals surface area contributed by atoms with E-state index in [0.717, 1.165) is 0 Å². The number of nitrogen functional groups attached to an aromatic ring is 2. The molecule has 1 aliphatic rings. The zero-order valence-electron chi connectivity index (χ0n) is 10.7. The number of hydrogen-bond acceptors (Lipinski definition) is 4.